The van der Waals surface area contributed by atoms with E-state index < -0.39 is 0 Å². The van der Waals surface area contributed by atoms with Crippen LogP contribution in [0.5, 0.6) is 0 Å². The van der Waals surface area contributed by atoms with Gasteiger partial charge in [0.25, 0.3) is 0 Å². The van der Waals surface area contributed by atoms with Gasteiger partial charge >= 0.3 is 0 Å². The Labute approximate surface area is 433 Å². The first kappa shape index (κ1) is 48.3. The quantitative estimate of drug-likeness (QED) is 0.133. The van der Waals surface area contributed by atoms with E-state index in [0.29, 0.717) is 0 Å². The minimum absolute atomic E-state index is 0. The Morgan fingerprint density at radius 1 is 0.231 bits per heavy atom. The molecule has 0 bridgehead atoms. The molecule has 12 rings (SSSR count). The Hall–Kier alpha value is -3.17. The molecular formula is C52H43PS12. The Morgan fingerprint density at radius 3 is 0.554 bits per heavy atom. The first-order valence-electron chi connectivity index (χ1n) is 20.1. The van der Waals surface area contributed by atoms with Crippen molar-refractivity contribution in [2.45, 2.75) is 27.7 Å². The van der Waals surface area contributed by atoms with Gasteiger partial charge in [-0.05, 0) is 166 Å². The number of rotatable bonds is 8. The second-order valence-electron chi connectivity index (χ2n) is 14.3. The minimum atomic E-state index is 0. The zero-order chi connectivity index (χ0) is 43.8. The third-order valence-corrected chi connectivity index (χ3v) is 23.1. The molecule has 0 saturated heterocycles. The summed E-state index contributed by atoms with van der Waals surface area (Å²) in [7, 11) is 0. The van der Waals surface area contributed by atoms with Crippen LogP contribution < -0.4 is 0 Å². The van der Waals surface area contributed by atoms with Crippen LogP contribution in [0.1, 0.15) is 22.3 Å². The first-order chi connectivity index (χ1) is 31.4. The normalized spacial score (nSPS) is 10.6. The summed E-state index contributed by atoms with van der Waals surface area (Å²) in [5, 5.41) is 17.1. The molecule has 0 N–H and O–H groups in total. The molecule has 65 heavy (non-hydrogen) atoms. The molecule has 12 aromatic heterocycles. The Bertz CT molecular complexity index is 2730. The van der Waals surface area contributed by atoms with Crippen molar-refractivity contribution in [1.29, 1.82) is 0 Å². The summed E-state index contributed by atoms with van der Waals surface area (Å²) in [5.74, 6) is 0. The fourth-order valence-electron chi connectivity index (χ4n) is 6.70. The standard InChI is InChI=1S/4C13H10S3.H3P/c4*1-9-8-12(10-4-2-6-14-10)16-13(9)11-5-3-7-15-11;/h4*2-8H,1H3;1H3. The van der Waals surface area contributed by atoms with E-state index >= 15 is 0 Å². The van der Waals surface area contributed by atoms with Crippen molar-refractivity contribution < 1.29 is 0 Å². The zero-order valence-electron chi connectivity index (χ0n) is 35.8. The second kappa shape index (κ2) is 23.2. The third kappa shape index (κ3) is 11.9. The molecule has 13 heteroatoms. The van der Waals surface area contributed by atoms with Crippen LogP contribution in [0.2, 0.25) is 0 Å². The lowest BCUT2D eigenvalue weighted by atomic mass is 10.2. The molecule has 0 nitrogen and oxygen atoms in total. The predicted molar refractivity (Wildman–Crippen MR) is 314 cm³/mol. The molecule has 0 radical (unpaired) electrons. The van der Waals surface area contributed by atoms with Crippen LogP contribution >= 0.6 is 146 Å². The van der Waals surface area contributed by atoms with Gasteiger partial charge in [-0.3, -0.25) is 0 Å². The van der Waals surface area contributed by atoms with E-state index in [1.807, 2.05) is 136 Å². The molecule has 1 atom stereocenters. The summed E-state index contributed by atoms with van der Waals surface area (Å²) in [6.45, 7) is 8.79. The van der Waals surface area contributed by atoms with Crippen LogP contribution in [0.3, 0.4) is 0 Å². The molecular weight excluding hydrogens is 1040 g/mol. The van der Waals surface area contributed by atoms with E-state index in [4.69, 9.17) is 0 Å². The van der Waals surface area contributed by atoms with Gasteiger partial charge in [0.1, 0.15) is 0 Å². The first-order valence-corrected chi connectivity index (χ1v) is 30.4. The zero-order valence-corrected chi connectivity index (χ0v) is 47.0. The fourth-order valence-corrected chi connectivity index (χ4v) is 18.4. The second-order valence-corrected chi connectivity index (χ2v) is 26.1. The average Bonchev–Trinajstić information content (AvgIpc) is 4.15. The van der Waals surface area contributed by atoms with Gasteiger partial charge in [0.2, 0.25) is 0 Å². The van der Waals surface area contributed by atoms with Crippen LogP contribution in [-0.4, -0.2) is 0 Å². The molecule has 0 fully saturated rings. The predicted octanol–water partition coefficient (Wildman–Crippen LogP) is 22.1. The Balaban J connectivity index is 0.000000118. The van der Waals surface area contributed by atoms with Crippen LogP contribution in [0.25, 0.3) is 78.0 Å². The molecule has 0 amide bonds. The van der Waals surface area contributed by atoms with Crippen LogP contribution in [-0.2, 0) is 0 Å². The van der Waals surface area contributed by atoms with Gasteiger partial charge in [0, 0.05) is 78.0 Å². The fraction of sp³-hybridized carbons (Fsp3) is 0.0769. The molecule has 0 aliphatic heterocycles. The largest absolute Gasteiger partial charge is 0.153 e. The summed E-state index contributed by atoms with van der Waals surface area (Å²) in [5.41, 5.74) is 5.54. The van der Waals surface area contributed by atoms with Crippen LogP contribution in [0.4, 0.5) is 0 Å². The van der Waals surface area contributed by atoms with E-state index in [1.165, 1.54) is 100 Å². The maximum atomic E-state index is 2.30. The van der Waals surface area contributed by atoms with Crippen LogP contribution in [0.15, 0.2) is 164 Å². The van der Waals surface area contributed by atoms with Gasteiger partial charge in [-0.1, -0.05) is 48.5 Å². The van der Waals surface area contributed by atoms with Crippen LogP contribution in [0, 0.1) is 27.7 Å². The lowest BCUT2D eigenvalue weighted by molar-refractivity contribution is 1.56. The maximum Gasteiger partial charge on any atom is 0.0478 e. The highest BCUT2D eigenvalue weighted by molar-refractivity contribution is 7.28. The number of hydrogen-bond donors (Lipinski definition) is 0. The molecule has 12 aromatic rings. The Kier molecular flexibility index (Phi) is 17.3. The average molecular weight is 1080 g/mol. The van der Waals surface area contributed by atoms with E-state index in [1.54, 1.807) is 0 Å². The van der Waals surface area contributed by atoms with Gasteiger partial charge in [-0.15, -0.1) is 136 Å². The van der Waals surface area contributed by atoms with Crippen molar-refractivity contribution in [2.75, 3.05) is 0 Å². The minimum Gasteiger partial charge on any atom is -0.153 e. The van der Waals surface area contributed by atoms with Gasteiger partial charge in [-0.2, -0.15) is 9.90 Å². The number of thiophene rings is 12. The van der Waals surface area contributed by atoms with Crippen molar-refractivity contribution in [2.24, 2.45) is 0 Å². The van der Waals surface area contributed by atoms with E-state index in [0.717, 1.165) is 0 Å². The molecule has 1 unspecified atom stereocenters. The van der Waals surface area contributed by atoms with Gasteiger partial charge in [-0.25, -0.2) is 0 Å². The topological polar surface area (TPSA) is 0 Å². The van der Waals surface area contributed by atoms with E-state index in [-0.39, 0.29) is 9.90 Å². The van der Waals surface area contributed by atoms with Crippen molar-refractivity contribution in [3.63, 3.8) is 0 Å². The van der Waals surface area contributed by atoms with E-state index in [9.17, 15) is 0 Å². The summed E-state index contributed by atoms with van der Waals surface area (Å²) in [4.78, 5) is 22.2. The summed E-state index contributed by atoms with van der Waals surface area (Å²) in [6.07, 6.45) is 0. The molecule has 0 aliphatic carbocycles. The van der Waals surface area contributed by atoms with Crippen molar-refractivity contribution >= 4 is 146 Å². The van der Waals surface area contributed by atoms with Crippen molar-refractivity contribution in [3.05, 3.63) is 187 Å². The summed E-state index contributed by atoms with van der Waals surface area (Å²) >= 11 is 22.1. The highest BCUT2D eigenvalue weighted by Gasteiger charge is 2.14. The summed E-state index contributed by atoms with van der Waals surface area (Å²) in [6, 6.07) is 43.6. The summed E-state index contributed by atoms with van der Waals surface area (Å²) < 4.78 is 0. The van der Waals surface area contributed by atoms with E-state index in [2.05, 4.69) is 192 Å². The third-order valence-electron chi connectivity index (χ3n) is 9.71. The highest BCUT2D eigenvalue weighted by Crippen LogP contribution is 2.44. The van der Waals surface area contributed by atoms with Gasteiger partial charge < -0.3 is 0 Å². The molecule has 0 spiro atoms. The number of hydrogen-bond acceptors (Lipinski definition) is 12. The van der Waals surface area contributed by atoms with Gasteiger partial charge in [0.15, 0.2) is 0 Å². The molecule has 328 valence electrons. The van der Waals surface area contributed by atoms with Crippen molar-refractivity contribution in [3.8, 4) is 78.0 Å². The molecule has 0 saturated carbocycles. The lowest BCUT2D eigenvalue weighted by Crippen LogP contribution is -1.66. The van der Waals surface area contributed by atoms with Gasteiger partial charge in [0.05, 0.1) is 0 Å². The highest BCUT2D eigenvalue weighted by atomic mass is 32.1. The van der Waals surface area contributed by atoms with Crippen molar-refractivity contribution in [1.82, 2.24) is 0 Å². The SMILES string of the molecule is Cc1cc(-c2cccs2)sc1-c1cccs1.Cc1cc(-c2cccs2)sc1-c1cccs1.Cc1cc(-c2cccs2)sc1-c1cccs1.Cc1cc(-c2cccs2)sc1-c1cccs1.P. The smallest absolute Gasteiger partial charge is 0.0478 e. The Morgan fingerprint density at radius 2 is 0.400 bits per heavy atom. The lowest BCUT2D eigenvalue weighted by Gasteiger charge is -1.92. The number of aryl methyl sites for hydroxylation is 4. The monoisotopic (exact) mass is 1080 g/mol. The maximum absolute atomic E-state index is 2.30. The molecule has 0 aliphatic rings. The molecule has 0 aromatic carbocycles. The molecule has 12 heterocycles.